The fourth-order valence-electron chi connectivity index (χ4n) is 1.89. The predicted octanol–water partition coefficient (Wildman–Crippen LogP) is 3.85. The van der Waals surface area contributed by atoms with E-state index in [-0.39, 0.29) is 6.10 Å². The largest absolute Gasteiger partial charge is 0.377 e. The number of imidazole rings is 1. The van der Waals surface area contributed by atoms with Gasteiger partial charge in [-0.1, -0.05) is 17.7 Å². The molecule has 0 aliphatic heterocycles. The summed E-state index contributed by atoms with van der Waals surface area (Å²) in [5, 5.41) is 0.655. The van der Waals surface area contributed by atoms with Gasteiger partial charge in [-0.25, -0.2) is 4.98 Å². The van der Waals surface area contributed by atoms with Crippen molar-refractivity contribution >= 4 is 34.2 Å². The molecule has 0 aliphatic rings. The molecule has 0 fully saturated rings. The Morgan fingerprint density at radius 3 is 2.83 bits per heavy atom. The molecule has 0 saturated carbocycles. The molecule has 0 N–H and O–H groups in total. The number of nitrogens with zero attached hydrogens (tertiary/aromatic N) is 2. The van der Waals surface area contributed by atoms with Crippen LogP contribution in [-0.4, -0.2) is 22.3 Å². The van der Waals surface area contributed by atoms with Crippen LogP contribution in [0.5, 0.6) is 0 Å². The molecular formula is C13H16Cl2N2O. The maximum Gasteiger partial charge on any atom is 0.124 e. The first-order valence-electron chi connectivity index (χ1n) is 5.94. The summed E-state index contributed by atoms with van der Waals surface area (Å²) in [6.45, 7) is 5.41. The molecule has 1 aromatic carbocycles. The van der Waals surface area contributed by atoms with Crippen molar-refractivity contribution < 1.29 is 4.74 Å². The van der Waals surface area contributed by atoms with Gasteiger partial charge in [-0.15, -0.1) is 11.6 Å². The molecule has 0 radical (unpaired) electrons. The summed E-state index contributed by atoms with van der Waals surface area (Å²) in [7, 11) is 0. The van der Waals surface area contributed by atoms with E-state index in [1.165, 1.54) is 0 Å². The highest BCUT2D eigenvalue weighted by molar-refractivity contribution is 6.34. The van der Waals surface area contributed by atoms with Gasteiger partial charge < -0.3 is 9.30 Å². The van der Waals surface area contributed by atoms with Gasteiger partial charge in [0.05, 0.1) is 29.1 Å². The third-order valence-electron chi connectivity index (χ3n) is 2.69. The first kappa shape index (κ1) is 13.7. The number of halogens is 2. The van der Waals surface area contributed by atoms with Gasteiger partial charge >= 0.3 is 0 Å². The highest BCUT2D eigenvalue weighted by Crippen LogP contribution is 2.24. The minimum atomic E-state index is 0.225. The van der Waals surface area contributed by atoms with Crippen molar-refractivity contribution in [2.45, 2.75) is 32.4 Å². The predicted molar refractivity (Wildman–Crippen MR) is 75.4 cm³/mol. The molecule has 5 heteroatoms. The SMILES string of the molecule is CC(C)OCCn1c(CCl)nc2c(Cl)cccc21. The molecule has 0 amide bonds. The maximum absolute atomic E-state index is 6.13. The maximum atomic E-state index is 6.13. The molecule has 0 aliphatic carbocycles. The normalized spacial score (nSPS) is 11.6. The monoisotopic (exact) mass is 286 g/mol. The van der Waals surface area contributed by atoms with Gasteiger partial charge in [-0.05, 0) is 26.0 Å². The second kappa shape index (κ2) is 5.91. The fraction of sp³-hybridized carbons (Fsp3) is 0.462. The number of para-hydroxylation sites is 1. The topological polar surface area (TPSA) is 27.1 Å². The van der Waals surface area contributed by atoms with Crippen LogP contribution in [0.2, 0.25) is 5.02 Å². The lowest BCUT2D eigenvalue weighted by Crippen LogP contribution is -2.12. The number of alkyl halides is 1. The number of ether oxygens (including phenoxy) is 1. The molecule has 2 rings (SSSR count). The molecular weight excluding hydrogens is 271 g/mol. The molecule has 0 bridgehead atoms. The summed E-state index contributed by atoms with van der Waals surface area (Å²) >= 11 is 12.1. The zero-order chi connectivity index (χ0) is 13.1. The van der Waals surface area contributed by atoms with Gasteiger partial charge in [0.25, 0.3) is 0 Å². The Balaban J connectivity index is 2.32. The van der Waals surface area contributed by atoms with E-state index in [9.17, 15) is 0 Å². The van der Waals surface area contributed by atoms with Crippen LogP contribution in [0.3, 0.4) is 0 Å². The van der Waals surface area contributed by atoms with Gasteiger partial charge in [-0.3, -0.25) is 0 Å². The lowest BCUT2D eigenvalue weighted by molar-refractivity contribution is 0.0729. The van der Waals surface area contributed by atoms with Crippen molar-refractivity contribution in [1.29, 1.82) is 0 Å². The molecule has 2 aromatic rings. The van der Waals surface area contributed by atoms with Crippen LogP contribution < -0.4 is 0 Å². The Kier molecular flexibility index (Phi) is 4.49. The van der Waals surface area contributed by atoms with E-state index < -0.39 is 0 Å². The summed E-state index contributed by atoms with van der Waals surface area (Å²) in [6, 6.07) is 5.76. The number of benzene rings is 1. The number of hydrogen-bond donors (Lipinski definition) is 0. The van der Waals surface area contributed by atoms with Crippen LogP contribution in [0.4, 0.5) is 0 Å². The van der Waals surface area contributed by atoms with Crippen molar-refractivity contribution in [2.75, 3.05) is 6.61 Å². The van der Waals surface area contributed by atoms with Gasteiger partial charge in [-0.2, -0.15) is 0 Å². The summed E-state index contributed by atoms with van der Waals surface area (Å²) in [6.07, 6.45) is 0.225. The van der Waals surface area contributed by atoms with Crippen molar-refractivity contribution in [3.8, 4) is 0 Å². The molecule has 0 unspecified atom stereocenters. The smallest absolute Gasteiger partial charge is 0.124 e. The molecule has 0 spiro atoms. The zero-order valence-corrected chi connectivity index (χ0v) is 12.0. The van der Waals surface area contributed by atoms with E-state index in [1.54, 1.807) is 0 Å². The Hall–Kier alpha value is -0.770. The summed E-state index contributed by atoms with van der Waals surface area (Å²) in [5.41, 5.74) is 1.81. The molecule has 0 atom stereocenters. The van der Waals surface area contributed by atoms with E-state index in [1.807, 2.05) is 32.0 Å². The summed E-state index contributed by atoms with van der Waals surface area (Å²) in [5.74, 6) is 1.19. The fourth-order valence-corrected chi connectivity index (χ4v) is 2.31. The van der Waals surface area contributed by atoms with Crippen LogP contribution >= 0.6 is 23.2 Å². The van der Waals surface area contributed by atoms with Crippen molar-refractivity contribution in [3.05, 3.63) is 29.0 Å². The quantitative estimate of drug-likeness (QED) is 0.781. The van der Waals surface area contributed by atoms with Crippen molar-refractivity contribution in [1.82, 2.24) is 9.55 Å². The van der Waals surface area contributed by atoms with Gasteiger partial charge in [0.2, 0.25) is 0 Å². The van der Waals surface area contributed by atoms with E-state index >= 15 is 0 Å². The molecule has 0 saturated heterocycles. The summed E-state index contributed by atoms with van der Waals surface area (Å²) in [4.78, 5) is 4.47. The Morgan fingerprint density at radius 1 is 1.39 bits per heavy atom. The number of hydrogen-bond acceptors (Lipinski definition) is 2. The first-order valence-corrected chi connectivity index (χ1v) is 6.86. The highest BCUT2D eigenvalue weighted by atomic mass is 35.5. The van der Waals surface area contributed by atoms with Crippen molar-refractivity contribution in [3.63, 3.8) is 0 Å². The standard InChI is InChI=1S/C13H16Cl2N2O/c1-9(2)18-7-6-17-11-5-3-4-10(15)13(11)16-12(17)8-14/h3-5,9H,6-8H2,1-2H3. The number of fused-ring (bicyclic) bond motifs is 1. The average molecular weight is 287 g/mol. The second-order valence-electron chi connectivity index (χ2n) is 4.34. The van der Waals surface area contributed by atoms with Crippen LogP contribution in [0.1, 0.15) is 19.7 Å². The third-order valence-corrected chi connectivity index (χ3v) is 3.24. The lowest BCUT2D eigenvalue weighted by Gasteiger charge is -2.10. The van der Waals surface area contributed by atoms with Crippen LogP contribution in [-0.2, 0) is 17.2 Å². The Bertz CT molecular complexity index is 537. The molecule has 1 heterocycles. The third kappa shape index (κ3) is 2.79. The van der Waals surface area contributed by atoms with E-state index in [0.29, 0.717) is 17.5 Å². The summed E-state index contributed by atoms with van der Waals surface area (Å²) < 4.78 is 7.64. The lowest BCUT2D eigenvalue weighted by atomic mass is 10.3. The average Bonchev–Trinajstić information content (AvgIpc) is 2.69. The number of rotatable bonds is 5. The van der Waals surface area contributed by atoms with Gasteiger partial charge in [0.15, 0.2) is 0 Å². The van der Waals surface area contributed by atoms with E-state index in [0.717, 1.165) is 23.4 Å². The van der Waals surface area contributed by atoms with Gasteiger partial charge in [0, 0.05) is 6.54 Å². The Labute approximate surface area is 117 Å². The van der Waals surface area contributed by atoms with E-state index in [2.05, 4.69) is 9.55 Å². The first-order chi connectivity index (χ1) is 8.63. The van der Waals surface area contributed by atoms with Crippen LogP contribution in [0.15, 0.2) is 18.2 Å². The minimum absolute atomic E-state index is 0.225. The number of aromatic nitrogens is 2. The molecule has 98 valence electrons. The van der Waals surface area contributed by atoms with Crippen molar-refractivity contribution in [2.24, 2.45) is 0 Å². The minimum Gasteiger partial charge on any atom is -0.377 e. The van der Waals surface area contributed by atoms with E-state index in [4.69, 9.17) is 27.9 Å². The van der Waals surface area contributed by atoms with Crippen LogP contribution in [0, 0.1) is 0 Å². The molecule has 1 aromatic heterocycles. The Morgan fingerprint density at radius 2 is 2.17 bits per heavy atom. The van der Waals surface area contributed by atoms with Crippen LogP contribution in [0.25, 0.3) is 11.0 Å². The second-order valence-corrected chi connectivity index (χ2v) is 5.01. The zero-order valence-electron chi connectivity index (χ0n) is 10.5. The van der Waals surface area contributed by atoms with Gasteiger partial charge in [0.1, 0.15) is 11.3 Å². The molecule has 18 heavy (non-hydrogen) atoms. The molecule has 3 nitrogen and oxygen atoms in total. The highest BCUT2D eigenvalue weighted by Gasteiger charge is 2.11.